The zero-order chi connectivity index (χ0) is 15.1. The average Bonchev–Trinajstić information content (AvgIpc) is 2.50. The fourth-order valence-electron chi connectivity index (χ4n) is 2.18. The van der Waals surface area contributed by atoms with Gasteiger partial charge in [0.25, 0.3) is 0 Å². The van der Waals surface area contributed by atoms with Crippen LogP contribution in [0.4, 0.5) is 0 Å². The number of likely N-dealkylation sites (N-methyl/N-ethyl adjacent to an activating group) is 1. The van der Waals surface area contributed by atoms with Gasteiger partial charge in [0.1, 0.15) is 12.4 Å². The average molecular weight is 292 g/mol. The van der Waals surface area contributed by atoms with Gasteiger partial charge in [-0.25, -0.2) is 0 Å². The van der Waals surface area contributed by atoms with Crippen LogP contribution in [0.25, 0.3) is 0 Å². The Labute approximate surface area is 126 Å². The van der Waals surface area contributed by atoms with Crippen LogP contribution < -0.4 is 10.1 Å². The van der Waals surface area contributed by atoms with Crippen LogP contribution in [0.3, 0.4) is 0 Å². The van der Waals surface area contributed by atoms with Gasteiger partial charge in [0.05, 0.1) is 19.8 Å². The molecule has 1 unspecified atom stereocenters. The number of carbonyl (C=O) groups is 1. The monoisotopic (exact) mass is 292 g/mol. The van der Waals surface area contributed by atoms with Gasteiger partial charge in [-0.3, -0.25) is 4.79 Å². The van der Waals surface area contributed by atoms with Gasteiger partial charge in [0.15, 0.2) is 0 Å². The first-order chi connectivity index (χ1) is 10.1. The van der Waals surface area contributed by atoms with Crippen molar-refractivity contribution < 1.29 is 14.3 Å². The molecule has 116 valence electrons. The molecule has 1 aromatic rings. The second kappa shape index (κ2) is 8.00. The summed E-state index contributed by atoms with van der Waals surface area (Å²) in [5, 5.41) is 3.29. The minimum Gasteiger partial charge on any atom is -0.492 e. The first-order valence-corrected chi connectivity index (χ1v) is 7.39. The van der Waals surface area contributed by atoms with Gasteiger partial charge in [-0.05, 0) is 19.1 Å². The van der Waals surface area contributed by atoms with E-state index < -0.39 is 0 Å². The molecule has 1 heterocycles. The largest absolute Gasteiger partial charge is 0.492 e. The van der Waals surface area contributed by atoms with E-state index in [2.05, 4.69) is 5.32 Å². The van der Waals surface area contributed by atoms with Crippen molar-refractivity contribution in [3.8, 4) is 5.75 Å². The highest BCUT2D eigenvalue weighted by molar-refractivity contribution is 5.76. The molecule has 5 nitrogen and oxygen atoms in total. The molecule has 1 fully saturated rings. The molecule has 1 aromatic carbocycles. The minimum atomic E-state index is 0.116. The standard InChI is InChI=1S/C16H24N2O3/c1-13-3-5-15(6-4-13)21-10-8-18(2)16(19)11-14-12-20-9-7-17-14/h3-6,14,17H,7-12H2,1-2H3. The number of morpholine rings is 1. The van der Waals surface area contributed by atoms with Crippen molar-refractivity contribution in [2.24, 2.45) is 0 Å². The highest BCUT2D eigenvalue weighted by Gasteiger charge is 2.19. The van der Waals surface area contributed by atoms with Crippen LogP contribution in [0.2, 0.25) is 0 Å². The molecule has 0 aromatic heterocycles. The third-order valence-electron chi connectivity index (χ3n) is 3.56. The van der Waals surface area contributed by atoms with E-state index in [1.54, 1.807) is 4.90 Å². The third-order valence-corrected chi connectivity index (χ3v) is 3.56. The lowest BCUT2D eigenvalue weighted by molar-refractivity contribution is -0.131. The van der Waals surface area contributed by atoms with Gasteiger partial charge in [-0.1, -0.05) is 17.7 Å². The Balaban J connectivity index is 1.67. The summed E-state index contributed by atoms with van der Waals surface area (Å²) in [4.78, 5) is 13.8. The summed E-state index contributed by atoms with van der Waals surface area (Å²) in [5.41, 5.74) is 1.21. The van der Waals surface area contributed by atoms with Crippen LogP contribution in [0.5, 0.6) is 5.75 Å². The number of nitrogens with zero attached hydrogens (tertiary/aromatic N) is 1. The number of benzene rings is 1. The van der Waals surface area contributed by atoms with E-state index in [0.29, 0.717) is 26.2 Å². The minimum absolute atomic E-state index is 0.116. The molecule has 1 aliphatic rings. The van der Waals surface area contributed by atoms with Crippen LogP contribution in [-0.4, -0.2) is 56.8 Å². The summed E-state index contributed by atoms with van der Waals surface area (Å²) in [7, 11) is 1.81. The lowest BCUT2D eigenvalue weighted by Gasteiger charge is -2.25. The number of hydrogen-bond acceptors (Lipinski definition) is 4. The molecule has 0 radical (unpaired) electrons. The Morgan fingerprint density at radius 3 is 2.86 bits per heavy atom. The molecular formula is C16H24N2O3. The van der Waals surface area contributed by atoms with Crippen LogP contribution in [0.15, 0.2) is 24.3 Å². The van der Waals surface area contributed by atoms with Gasteiger partial charge >= 0.3 is 0 Å². The van der Waals surface area contributed by atoms with E-state index in [1.165, 1.54) is 5.56 Å². The van der Waals surface area contributed by atoms with Crippen molar-refractivity contribution in [2.45, 2.75) is 19.4 Å². The van der Waals surface area contributed by atoms with Crippen molar-refractivity contribution >= 4 is 5.91 Å². The molecule has 2 rings (SSSR count). The maximum Gasteiger partial charge on any atom is 0.224 e. The van der Waals surface area contributed by atoms with E-state index in [9.17, 15) is 4.79 Å². The number of aryl methyl sites for hydroxylation is 1. The highest BCUT2D eigenvalue weighted by atomic mass is 16.5. The quantitative estimate of drug-likeness (QED) is 0.856. The van der Waals surface area contributed by atoms with Crippen molar-refractivity contribution in [3.63, 3.8) is 0 Å². The zero-order valence-electron chi connectivity index (χ0n) is 12.8. The predicted octanol–water partition coefficient (Wildman–Crippen LogP) is 1.21. The smallest absolute Gasteiger partial charge is 0.224 e. The Kier molecular flexibility index (Phi) is 6.02. The Hall–Kier alpha value is -1.59. The maximum absolute atomic E-state index is 12.1. The summed E-state index contributed by atoms with van der Waals surface area (Å²) in [6.07, 6.45) is 0.473. The number of nitrogens with one attached hydrogen (secondary N) is 1. The molecule has 1 amide bonds. The van der Waals surface area contributed by atoms with E-state index >= 15 is 0 Å². The summed E-state index contributed by atoms with van der Waals surface area (Å²) < 4.78 is 11.0. The lowest BCUT2D eigenvalue weighted by Crippen LogP contribution is -2.45. The predicted molar refractivity (Wildman–Crippen MR) is 81.5 cm³/mol. The molecule has 0 saturated carbocycles. The molecule has 1 saturated heterocycles. The molecule has 5 heteroatoms. The van der Waals surface area contributed by atoms with E-state index in [-0.39, 0.29) is 11.9 Å². The number of amides is 1. The molecular weight excluding hydrogens is 268 g/mol. The van der Waals surface area contributed by atoms with Crippen LogP contribution >= 0.6 is 0 Å². The number of ether oxygens (including phenoxy) is 2. The first-order valence-electron chi connectivity index (χ1n) is 7.39. The number of rotatable bonds is 6. The second-order valence-corrected chi connectivity index (χ2v) is 5.41. The topological polar surface area (TPSA) is 50.8 Å². The van der Waals surface area contributed by atoms with Gasteiger partial charge in [-0.2, -0.15) is 0 Å². The van der Waals surface area contributed by atoms with Gasteiger partial charge in [0.2, 0.25) is 5.91 Å². The van der Waals surface area contributed by atoms with Gasteiger partial charge in [-0.15, -0.1) is 0 Å². The molecule has 1 N–H and O–H groups in total. The third kappa shape index (κ3) is 5.36. The van der Waals surface area contributed by atoms with Crippen molar-refractivity contribution in [1.82, 2.24) is 10.2 Å². The number of carbonyl (C=O) groups excluding carboxylic acids is 1. The highest BCUT2D eigenvalue weighted by Crippen LogP contribution is 2.11. The van der Waals surface area contributed by atoms with Crippen LogP contribution in [-0.2, 0) is 9.53 Å². The van der Waals surface area contributed by atoms with E-state index in [1.807, 2.05) is 38.2 Å². The van der Waals surface area contributed by atoms with Crippen molar-refractivity contribution in [3.05, 3.63) is 29.8 Å². The van der Waals surface area contributed by atoms with Gasteiger partial charge in [0, 0.05) is 26.1 Å². The molecule has 0 spiro atoms. The normalized spacial score (nSPS) is 18.3. The van der Waals surface area contributed by atoms with Crippen molar-refractivity contribution in [1.29, 1.82) is 0 Å². The molecule has 21 heavy (non-hydrogen) atoms. The number of hydrogen-bond donors (Lipinski definition) is 1. The van der Waals surface area contributed by atoms with Gasteiger partial charge < -0.3 is 19.7 Å². The first kappa shape index (κ1) is 15.8. The maximum atomic E-state index is 12.1. The van der Waals surface area contributed by atoms with E-state index in [0.717, 1.165) is 18.9 Å². The molecule has 1 atom stereocenters. The SMILES string of the molecule is Cc1ccc(OCCN(C)C(=O)CC2COCCN2)cc1. The Morgan fingerprint density at radius 1 is 1.43 bits per heavy atom. The fourth-order valence-corrected chi connectivity index (χ4v) is 2.18. The lowest BCUT2D eigenvalue weighted by atomic mass is 10.2. The fraction of sp³-hybridized carbons (Fsp3) is 0.562. The van der Waals surface area contributed by atoms with Crippen LogP contribution in [0, 0.1) is 6.92 Å². The Bertz CT molecular complexity index is 441. The van der Waals surface area contributed by atoms with E-state index in [4.69, 9.17) is 9.47 Å². The summed E-state index contributed by atoms with van der Waals surface area (Å²) in [6.45, 7) is 5.28. The summed E-state index contributed by atoms with van der Waals surface area (Å²) >= 11 is 0. The molecule has 0 bridgehead atoms. The summed E-state index contributed by atoms with van der Waals surface area (Å²) in [6, 6.07) is 8.05. The second-order valence-electron chi connectivity index (χ2n) is 5.41. The van der Waals surface area contributed by atoms with Crippen molar-refractivity contribution in [2.75, 3.05) is 40.0 Å². The Morgan fingerprint density at radius 2 is 2.19 bits per heavy atom. The molecule has 0 aliphatic carbocycles. The zero-order valence-corrected chi connectivity index (χ0v) is 12.8. The molecule has 1 aliphatic heterocycles. The summed E-state index contributed by atoms with van der Waals surface area (Å²) in [5.74, 6) is 0.953. The van der Waals surface area contributed by atoms with Crippen LogP contribution in [0.1, 0.15) is 12.0 Å².